The number of carbonyl (C=O) groups excluding carboxylic acids is 1. The predicted molar refractivity (Wildman–Crippen MR) is 52.3 cm³/mol. The molecular formula is C9H7NO7. The van der Waals surface area contributed by atoms with Gasteiger partial charge in [-0.15, -0.1) is 0 Å². The first-order chi connectivity index (χ1) is 8.11. The highest BCUT2D eigenvalue weighted by Crippen LogP contribution is 2.41. The maximum atomic E-state index is 10.9. The minimum absolute atomic E-state index is 0.0336. The second-order valence-electron chi connectivity index (χ2n) is 2.99. The van der Waals surface area contributed by atoms with E-state index >= 15 is 0 Å². The molecular weight excluding hydrogens is 234 g/mol. The largest absolute Gasteiger partial charge is 0.513 e. The first-order valence-corrected chi connectivity index (χ1v) is 4.45. The van der Waals surface area contributed by atoms with Crippen LogP contribution in [0, 0.1) is 10.1 Å². The SMILES string of the molecule is COC(=O)Oc1cc2c(cc1[N+](=O)[O-])OCO2. The quantitative estimate of drug-likeness (QED) is 0.334. The molecule has 8 nitrogen and oxygen atoms in total. The van der Waals surface area contributed by atoms with Crippen molar-refractivity contribution in [2.24, 2.45) is 0 Å². The molecule has 0 aliphatic carbocycles. The highest BCUT2D eigenvalue weighted by molar-refractivity contribution is 5.68. The van der Waals surface area contributed by atoms with Crippen LogP contribution in [0.1, 0.15) is 0 Å². The van der Waals surface area contributed by atoms with Crippen molar-refractivity contribution in [1.29, 1.82) is 0 Å². The Labute approximate surface area is 94.8 Å². The van der Waals surface area contributed by atoms with Crippen LogP contribution in [0.5, 0.6) is 17.2 Å². The predicted octanol–water partition coefficient (Wildman–Crippen LogP) is 1.47. The summed E-state index contributed by atoms with van der Waals surface area (Å²) in [6, 6.07) is 2.33. The molecule has 1 aromatic carbocycles. The van der Waals surface area contributed by atoms with Crippen molar-refractivity contribution in [2.75, 3.05) is 13.9 Å². The van der Waals surface area contributed by atoms with Crippen molar-refractivity contribution in [2.45, 2.75) is 0 Å². The van der Waals surface area contributed by atoms with Crippen LogP contribution in [0.4, 0.5) is 10.5 Å². The van der Waals surface area contributed by atoms with Gasteiger partial charge in [-0.3, -0.25) is 10.1 Å². The molecule has 0 atom stereocenters. The van der Waals surface area contributed by atoms with Crippen LogP contribution in [0.15, 0.2) is 12.1 Å². The maximum Gasteiger partial charge on any atom is 0.513 e. The molecule has 0 spiro atoms. The third kappa shape index (κ3) is 2.05. The number of benzene rings is 1. The minimum Gasteiger partial charge on any atom is -0.453 e. The second-order valence-corrected chi connectivity index (χ2v) is 2.99. The molecule has 0 fully saturated rings. The molecule has 1 aliphatic rings. The lowest BCUT2D eigenvalue weighted by atomic mass is 10.2. The zero-order valence-corrected chi connectivity index (χ0v) is 8.67. The van der Waals surface area contributed by atoms with Crippen LogP contribution < -0.4 is 14.2 Å². The van der Waals surface area contributed by atoms with Crippen molar-refractivity contribution in [3.63, 3.8) is 0 Å². The smallest absolute Gasteiger partial charge is 0.453 e. The highest BCUT2D eigenvalue weighted by Gasteiger charge is 2.26. The van der Waals surface area contributed by atoms with Gasteiger partial charge < -0.3 is 18.9 Å². The number of nitrogens with zero attached hydrogens (tertiary/aromatic N) is 1. The molecule has 2 rings (SSSR count). The van der Waals surface area contributed by atoms with Crippen molar-refractivity contribution in [1.82, 2.24) is 0 Å². The van der Waals surface area contributed by atoms with E-state index in [2.05, 4.69) is 9.47 Å². The fourth-order valence-electron chi connectivity index (χ4n) is 1.27. The van der Waals surface area contributed by atoms with Gasteiger partial charge in [-0.25, -0.2) is 4.79 Å². The van der Waals surface area contributed by atoms with Gasteiger partial charge in [-0.1, -0.05) is 0 Å². The molecule has 8 heteroatoms. The fourth-order valence-corrected chi connectivity index (χ4v) is 1.27. The van der Waals surface area contributed by atoms with Gasteiger partial charge in [0.25, 0.3) is 0 Å². The number of nitro groups is 1. The second kappa shape index (κ2) is 4.16. The molecule has 0 saturated carbocycles. The summed E-state index contributed by atoms with van der Waals surface area (Å²) in [4.78, 5) is 21.0. The monoisotopic (exact) mass is 241 g/mol. The first-order valence-electron chi connectivity index (χ1n) is 4.45. The van der Waals surface area contributed by atoms with Crippen LogP contribution in [0.25, 0.3) is 0 Å². The average molecular weight is 241 g/mol. The van der Waals surface area contributed by atoms with E-state index in [9.17, 15) is 14.9 Å². The summed E-state index contributed by atoms with van der Waals surface area (Å²) in [5.74, 6) is 0.245. The lowest BCUT2D eigenvalue weighted by Gasteiger charge is -2.04. The lowest BCUT2D eigenvalue weighted by molar-refractivity contribution is -0.385. The number of hydrogen-bond donors (Lipinski definition) is 0. The highest BCUT2D eigenvalue weighted by atomic mass is 16.7. The Morgan fingerprint density at radius 3 is 2.65 bits per heavy atom. The molecule has 0 saturated heterocycles. The van der Waals surface area contributed by atoms with Gasteiger partial charge in [0.15, 0.2) is 11.5 Å². The number of hydrogen-bond acceptors (Lipinski definition) is 7. The van der Waals surface area contributed by atoms with E-state index in [-0.39, 0.29) is 24.0 Å². The van der Waals surface area contributed by atoms with E-state index < -0.39 is 16.8 Å². The third-order valence-corrected chi connectivity index (χ3v) is 2.01. The molecule has 17 heavy (non-hydrogen) atoms. The Balaban J connectivity index is 2.41. The molecule has 1 heterocycles. The number of carbonyl (C=O) groups is 1. The molecule has 0 amide bonds. The summed E-state index contributed by atoms with van der Waals surface area (Å²) in [6.07, 6.45) is -1.05. The topological polar surface area (TPSA) is 97.1 Å². The summed E-state index contributed by atoms with van der Waals surface area (Å²) in [5, 5.41) is 10.8. The van der Waals surface area contributed by atoms with Gasteiger partial charge in [0.2, 0.25) is 12.5 Å². The Morgan fingerprint density at radius 1 is 1.41 bits per heavy atom. The molecule has 0 bridgehead atoms. The summed E-state index contributed by atoms with van der Waals surface area (Å²) < 4.78 is 18.9. The van der Waals surface area contributed by atoms with E-state index in [1.165, 1.54) is 6.07 Å². The van der Waals surface area contributed by atoms with Crippen molar-refractivity contribution >= 4 is 11.8 Å². The lowest BCUT2D eigenvalue weighted by Crippen LogP contribution is -2.08. The minimum atomic E-state index is -1.05. The van der Waals surface area contributed by atoms with E-state index in [4.69, 9.17) is 9.47 Å². The van der Waals surface area contributed by atoms with E-state index in [0.717, 1.165) is 13.2 Å². The molecule has 0 aromatic heterocycles. The molecule has 0 unspecified atom stereocenters. The zero-order valence-electron chi connectivity index (χ0n) is 8.67. The Morgan fingerprint density at radius 2 is 2.06 bits per heavy atom. The normalized spacial score (nSPS) is 12.1. The number of ether oxygens (including phenoxy) is 4. The van der Waals surface area contributed by atoms with Crippen LogP contribution in [0.2, 0.25) is 0 Å². The number of fused-ring (bicyclic) bond motifs is 1. The van der Waals surface area contributed by atoms with Crippen molar-refractivity contribution < 1.29 is 28.7 Å². The number of methoxy groups -OCH3 is 1. The van der Waals surface area contributed by atoms with Crippen molar-refractivity contribution in [3.8, 4) is 17.2 Å². The van der Waals surface area contributed by atoms with Gasteiger partial charge in [0, 0.05) is 6.07 Å². The van der Waals surface area contributed by atoms with Gasteiger partial charge >= 0.3 is 11.8 Å². The Hall–Kier alpha value is -2.51. The van der Waals surface area contributed by atoms with E-state index in [1.54, 1.807) is 0 Å². The molecule has 1 aromatic rings. The van der Waals surface area contributed by atoms with Gasteiger partial charge in [-0.05, 0) is 0 Å². The maximum absolute atomic E-state index is 10.9. The molecule has 0 N–H and O–H groups in total. The van der Waals surface area contributed by atoms with Gasteiger partial charge in [0.1, 0.15) is 0 Å². The van der Waals surface area contributed by atoms with Gasteiger partial charge in [0.05, 0.1) is 18.1 Å². The number of nitro benzene ring substituents is 1. The summed E-state index contributed by atoms with van der Waals surface area (Å²) >= 11 is 0. The van der Waals surface area contributed by atoms with Crippen LogP contribution in [0.3, 0.4) is 0 Å². The Kier molecular flexibility index (Phi) is 2.69. The average Bonchev–Trinajstić information content (AvgIpc) is 2.74. The zero-order chi connectivity index (χ0) is 12.4. The first kappa shape index (κ1) is 11.0. The number of rotatable bonds is 2. The molecule has 90 valence electrons. The Bertz CT molecular complexity index is 484. The van der Waals surface area contributed by atoms with E-state index in [1.807, 2.05) is 0 Å². The molecule has 1 aliphatic heterocycles. The van der Waals surface area contributed by atoms with E-state index in [0.29, 0.717) is 0 Å². The molecule has 0 radical (unpaired) electrons. The third-order valence-electron chi connectivity index (χ3n) is 2.01. The summed E-state index contributed by atoms with van der Waals surface area (Å²) in [6.45, 7) is -0.0336. The standard InChI is InChI=1S/C9H7NO7/c1-14-9(11)17-6-3-8-7(15-4-16-8)2-5(6)10(12)13/h2-3H,4H2,1H3. The van der Waals surface area contributed by atoms with Crippen LogP contribution >= 0.6 is 0 Å². The van der Waals surface area contributed by atoms with Crippen molar-refractivity contribution in [3.05, 3.63) is 22.2 Å². The summed E-state index contributed by atoms with van der Waals surface area (Å²) in [5.41, 5.74) is -0.403. The van der Waals surface area contributed by atoms with Crippen LogP contribution in [-0.2, 0) is 4.74 Å². The fraction of sp³-hybridized carbons (Fsp3) is 0.222. The summed E-state index contributed by atoms with van der Waals surface area (Å²) in [7, 11) is 1.10. The van der Waals surface area contributed by atoms with Gasteiger partial charge in [-0.2, -0.15) is 0 Å². The van der Waals surface area contributed by atoms with Crippen LogP contribution in [-0.4, -0.2) is 25.0 Å².